The van der Waals surface area contributed by atoms with E-state index in [1.54, 1.807) is 29.4 Å². The Morgan fingerprint density at radius 1 is 1.44 bits per heavy atom. The predicted octanol–water partition coefficient (Wildman–Crippen LogP) is 0.160. The molecule has 0 aromatic carbocycles. The van der Waals surface area contributed by atoms with Crippen LogP contribution in [0.3, 0.4) is 0 Å². The van der Waals surface area contributed by atoms with Crippen molar-refractivity contribution < 1.29 is 18.3 Å². The van der Waals surface area contributed by atoms with Crippen LogP contribution >= 0.6 is 0 Å². The first-order valence-corrected chi connectivity index (χ1v) is 7.39. The first-order chi connectivity index (χ1) is 8.48. The zero-order chi connectivity index (χ0) is 13.2. The van der Waals surface area contributed by atoms with Gasteiger partial charge in [0.25, 0.3) is 0 Å². The number of hydrogen-bond donors (Lipinski definition) is 1. The summed E-state index contributed by atoms with van der Waals surface area (Å²) in [5.41, 5.74) is 0.689. The summed E-state index contributed by atoms with van der Waals surface area (Å²) < 4.78 is 23.0. The molecule has 1 aromatic heterocycles. The largest absolute Gasteiger partial charge is 0.480 e. The third-order valence-corrected chi connectivity index (χ3v) is 4.70. The van der Waals surface area contributed by atoms with Gasteiger partial charge in [-0.15, -0.1) is 0 Å². The monoisotopic (exact) mass is 270 g/mol. The summed E-state index contributed by atoms with van der Waals surface area (Å²) in [6.07, 6.45) is 3.60. The van der Waals surface area contributed by atoms with E-state index in [4.69, 9.17) is 5.11 Å². The van der Waals surface area contributed by atoms with Gasteiger partial charge in [-0.1, -0.05) is 0 Å². The molecule has 18 heavy (non-hydrogen) atoms. The fourth-order valence-corrected chi connectivity index (χ4v) is 3.86. The quantitative estimate of drug-likeness (QED) is 0.838. The number of carboxylic acid groups (broad SMARTS) is 1. The van der Waals surface area contributed by atoms with Crippen LogP contribution in [0.2, 0.25) is 0 Å². The Labute approximate surface area is 105 Å². The standard InChI is InChI=1S/C11H14N2O4S/c14-11(15)7-13(9-1-4-12-5-2-9)10-3-6-18(16,17)8-10/h1-2,4-5,10H,3,6-8H2,(H,14,15). The Hall–Kier alpha value is -1.63. The Morgan fingerprint density at radius 2 is 2.11 bits per heavy atom. The lowest BCUT2D eigenvalue weighted by Gasteiger charge is -2.28. The zero-order valence-corrected chi connectivity index (χ0v) is 10.5. The van der Waals surface area contributed by atoms with Crippen molar-refractivity contribution in [2.24, 2.45) is 0 Å². The molecule has 1 atom stereocenters. The SMILES string of the molecule is O=C(O)CN(c1ccncc1)C1CCS(=O)(=O)C1. The molecular formula is C11H14N2O4S. The van der Waals surface area contributed by atoms with E-state index in [0.717, 1.165) is 0 Å². The summed E-state index contributed by atoms with van der Waals surface area (Å²) in [5.74, 6) is -0.835. The Morgan fingerprint density at radius 3 is 2.61 bits per heavy atom. The molecule has 2 rings (SSSR count). The van der Waals surface area contributed by atoms with Gasteiger partial charge in [-0.25, -0.2) is 8.42 Å². The third-order valence-electron chi connectivity index (χ3n) is 2.95. The fraction of sp³-hybridized carbons (Fsp3) is 0.455. The molecule has 1 N–H and O–H groups in total. The number of aliphatic carboxylic acids is 1. The number of carbonyl (C=O) groups is 1. The molecule has 1 aliphatic rings. The highest BCUT2D eigenvalue weighted by atomic mass is 32.2. The third kappa shape index (κ3) is 2.98. The van der Waals surface area contributed by atoms with E-state index in [0.29, 0.717) is 12.1 Å². The number of pyridine rings is 1. The second-order valence-corrected chi connectivity index (χ2v) is 6.51. The number of hydrogen-bond acceptors (Lipinski definition) is 5. The molecule has 0 amide bonds. The van der Waals surface area contributed by atoms with Crippen LogP contribution in [-0.4, -0.2) is 48.6 Å². The van der Waals surface area contributed by atoms with Gasteiger partial charge < -0.3 is 10.0 Å². The van der Waals surface area contributed by atoms with Crippen molar-refractivity contribution in [2.75, 3.05) is 23.0 Å². The predicted molar refractivity (Wildman–Crippen MR) is 66.3 cm³/mol. The Kier molecular flexibility index (Phi) is 3.51. The van der Waals surface area contributed by atoms with Crippen molar-refractivity contribution in [3.63, 3.8) is 0 Å². The van der Waals surface area contributed by atoms with Crippen molar-refractivity contribution in [1.82, 2.24) is 4.98 Å². The first kappa shape index (κ1) is 12.8. The summed E-state index contributed by atoms with van der Waals surface area (Å²) in [6, 6.07) is 3.11. The molecule has 0 saturated carbocycles. The van der Waals surface area contributed by atoms with Gasteiger partial charge in [0.15, 0.2) is 9.84 Å². The molecule has 0 radical (unpaired) electrons. The Bertz CT molecular complexity index is 529. The van der Waals surface area contributed by atoms with E-state index < -0.39 is 15.8 Å². The maximum Gasteiger partial charge on any atom is 0.323 e. The van der Waals surface area contributed by atoms with Gasteiger partial charge in [-0.05, 0) is 18.6 Å². The van der Waals surface area contributed by atoms with E-state index in [2.05, 4.69) is 4.98 Å². The van der Waals surface area contributed by atoms with Crippen molar-refractivity contribution in [3.8, 4) is 0 Å². The summed E-state index contributed by atoms with van der Waals surface area (Å²) >= 11 is 0. The van der Waals surface area contributed by atoms with Gasteiger partial charge in [-0.2, -0.15) is 0 Å². The van der Waals surface area contributed by atoms with E-state index >= 15 is 0 Å². The van der Waals surface area contributed by atoms with Gasteiger partial charge in [0.05, 0.1) is 11.5 Å². The minimum Gasteiger partial charge on any atom is -0.480 e. The van der Waals surface area contributed by atoms with E-state index in [1.165, 1.54) is 0 Å². The number of carboxylic acids is 1. The second kappa shape index (κ2) is 4.93. The number of anilines is 1. The number of aromatic nitrogens is 1. The van der Waals surface area contributed by atoms with Gasteiger partial charge in [0.2, 0.25) is 0 Å². The maximum atomic E-state index is 11.5. The highest BCUT2D eigenvalue weighted by Gasteiger charge is 2.33. The lowest BCUT2D eigenvalue weighted by atomic mass is 10.2. The maximum absolute atomic E-state index is 11.5. The summed E-state index contributed by atoms with van der Waals surface area (Å²) in [4.78, 5) is 16.4. The molecule has 2 heterocycles. The van der Waals surface area contributed by atoms with Crippen LogP contribution in [0.15, 0.2) is 24.5 Å². The molecule has 1 unspecified atom stereocenters. The van der Waals surface area contributed by atoms with E-state index in [1.807, 2.05) is 0 Å². The molecule has 1 aliphatic heterocycles. The second-order valence-electron chi connectivity index (χ2n) is 4.28. The number of nitrogens with zero attached hydrogens (tertiary/aromatic N) is 2. The van der Waals surface area contributed by atoms with Crippen LogP contribution in [0.25, 0.3) is 0 Å². The van der Waals surface area contributed by atoms with E-state index in [-0.39, 0.29) is 24.1 Å². The van der Waals surface area contributed by atoms with Crippen LogP contribution in [0.5, 0.6) is 0 Å². The summed E-state index contributed by atoms with van der Waals surface area (Å²) in [6.45, 7) is -0.204. The molecule has 0 bridgehead atoms. The van der Waals surface area contributed by atoms with Crippen LogP contribution in [0.1, 0.15) is 6.42 Å². The molecule has 0 aliphatic carbocycles. The Balaban J connectivity index is 2.24. The molecule has 1 aromatic rings. The van der Waals surface area contributed by atoms with Gasteiger partial charge in [0, 0.05) is 24.1 Å². The van der Waals surface area contributed by atoms with Crippen LogP contribution in [-0.2, 0) is 14.6 Å². The zero-order valence-electron chi connectivity index (χ0n) is 9.69. The highest BCUT2D eigenvalue weighted by Crippen LogP contribution is 2.23. The normalized spacial score (nSPS) is 21.7. The topological polar surface area (TPSA) is 87.6 Å². The minimum absolute atomic E-state index is 0.0165. The minimum atomic E-state index is -3.03. The van der Waals surface area contributed by atoms with Crippen LogP contribution in [0.4, 0.5) is 5.69 Å². The van der Waals surface area contributed by atoms with Crippen LogP contribution < -0.4 is 4.90 Å². The average Bonchev–Trinajstić information content (AvgIpc) is 2.67. The summed E-state index contributed by atoms with van der Waals surface area (Å²) in [5, 5.41) is 8.93. The molecule has 98 valence electrons. The van der Waals surface area contributed by atoms with Gasteiger partial charge >= 0.3 is 5.97 Å². The lowest BCUT2D eigenvalue weighted by molar-refractivity contribution is -0.135. The molecule has 7 heteroatoms. The van der Waals surface area contributed by atoms with Crippen molar-refractivity contribution >= 4 is 21.5 Å². The first-order valence-electron chi connectivity index (χ1n) is 5.57. The molecule has 1 fully saturated rings. The highest BCUT2D eigenvalue weighted by molar-refractivity contribution is 7.91. The average molecular weight is 270 g/mol. The smallest absolute Gasteiger partial charge is 0.323 e. The van der Waals surface area contributed by atoms with Gasteiger partial charge in [-0.3, -0.25) is 9.78 Å². The van der Waals surface area contributed by atoms with E-state index in [9.17, 15) is 13.2 Å². The van der Waals surface area contributed by atoms with Crippen molar-refractivity contribution in [2.45, 2.75) is 12.5 Å². The van der Waals surface area contributed by atoms with Crippen molar-refractivity contribution in [3.05, 3.63) is 24.5 Å². The van der Waals surface area contributed by atoms with Crippen LogP contribution in [0, 0.1) is 0 Å². The number of sulfone groups is 1. The number of rotatable bonds is 4. The fourth-order valence-electron chi connectivity index (χ4n) is 2.13. The summed E-state index contributed by atoms with van der Waals surface area (Å²) in [7, 11) is -3.03. The molecule has 0 spiro atoms. The lowest BCUT2D eigenvalue weighted by Crippen LogP contribution is -2.40. The molecule has 1 saturated heterocycles. The van der Waals surface area contributed by atoms with Crippen molar-refractivity contribution in [1.29, 1.82) is 0 Å². The molecule has 6 nitrogen and oxygen atoms in total. The van der Waals surface area contributed by atoms with Gasteiger partial charge in [0.1, 0.15) is 6.54 Å². The molecular weight excluding hydrogens is 256 g/mol.